The van der Waals surface area contributed by atoms with Crippen molar-refractivity contribution < 1.29 is 19.1 Å². The van der Waals surface area contributed by atoms with Gasteiger partial charge in [0.2, 0.25) is 11.8 Å². The predicted octanol–water partition coefficient (Wildman–Crippen LogP) is 2.92. The molecule has 0 spiro atoms. The van der Waals surface area contributed by atoms with Crippen LogP contribution in [0.15, 0.2) is 24.3 Å². The average Bonchev–Trinajstić information content (AvgIpc) is 2.84. The molecule has 182 valence electrons. The molecule has 1 aromatic rings. The van der Waals surface area contributed by atoms with Crippen molar-refractivity contribution in [1.29, 1.82) is 0 Å². The fraction of sp³-hybridized carbons (Fsp3) is 0.680. The van der Waals surface area contributed by atoms with Crippen molar-refractivity contribution in [3.63, 3.8) is 0 Å². The monoisotopic (exact) mass is 477 g/mol. The van der Waals surface area contributed by atoms with Crippen LogP contribution in [-0.4, -0.2) is 92.7 Å². The van der Waals surface area contributed by atoms with Gasteiger partial charge >= 0.3 is 0 Å². The second kappa shape index (κ2) is 11.1. The molecule has 3 aliphatic heterocycles. The number of hydrogen-bond acceptors (Lipinski definition) is 5. The van der Waals surface area contributed by atoms with Crippen molar-refractivity contribution in [2.24, 2.45) is 11.3 Å². The molecule has 1 aromatic carbocycles. The highest BCUT2D eigenvalue weighted by atomic mass is 35.5. The quantitative estimate of drug-likeness (QED) is 0.630. The summed E-state index contributed by atoms with van der Waals surface area (Å²) in [6.07, 6.45) is 3.94. The minimum absolute atomic E-state index is 0.0841. The van der Waals surface area contributed by atoms with Crippen LogP contribution in [0.4, 0.5) is 0 Å². The molecular formula is C25H36ClN3O4. The van der Waals surface area contributed by atoms with Crippen LogP contribution in [0.5, 0.6) is 5.75 Å². The third-order valence-electron chi connectivity index (χ3n) is 7.27. The third kappa shape index (κ3) is 6.40. The zero-order chi connectivity index (χ0) is 23.3. The number of amides is 2. The minimum atomic E-state index is -0.406. The number of carbonyl (C=O) groups is 2. The Hall–Kier alpha value is -1.83. The molecule has 8 heteroatoms. The van der Waals surface area contributed by atoms with Crippen LogP contribution in [0.25, 0.3) is 0 Å². The number of rotatable bonds is 6. The number of likely N-dealkylation sites (tertiary alicyclic amines) is 2. The first-order valence-corrected chi connectivity index (χ1v) is 12.5. The van der Waals surface area contributed by atoms with Gasteiger partial charge in [-0.05, 0) is 64.0 Å². The van der Waals surface area contributed by atoms with E-state index in [2.05, 4.69) is 11.9 Å². The van der Waals surface area contributed by atoms with Crippen LogP contribution < -0.4 is 4.74 Å². The highest BCUT2D eigenvalue weighted by Crippen LogP contribution is 2.37. The molecule has 0 aromatic heterocycles. The number of carbonyl (C=O) groups excluding carboxylic acids is 2. The summed E-state index contributed by atoms with van der Waals surface area (Å²) >= 11 is 6.14. The van der Waals surface area contributed by atoms with Gasteiger partial charge in [0.05, 0.1) is 19.8 Å². The van der Waals surface area contributed by atoms with E-state index in [1.54, 1.807) is 6.07 Å². The van der Waals surface area contributed by atoms with Crippen molar-refractivity contribution in [3.8, 4) is 5.75 Å². The zero-order valence-corrected chi connectivity index (χ0v) is 20.4. The average molecular weight is 478 g/mol. The van der Waals surface area contributed by atoms with E-state index < -0.39 is 5.41 Å². The number of benzene rings is 1. The molecule has 33 heavy (non-hydrogen) atoms. The first kappa shape index (κ1) is 24.3. The van der Waals surface area contributed by atoms with Crippen LogP contribution in [0, 0.1) is 11.3 Å². The molecule has 3 fully saturated rings. The summed E-state index contributed by atoms with van der Waals surface area (Å²) in [6, 6.07) is 7.35. The first-order chi connectivity index (χ1) is 15.9. The van der Waals surface area contributed by atoms with Crippen LogP contribution >= 0.6 is 11.6 Å². The van der Waals surface area contributed by atoms with Gasteiger partial charge in [0.1, 0.15) is 5.75 Å². The molecule has 0 N–H and O–H groups in total. The maximum Gasteiger partial charge on any atom is 0.225 e. The number of morpholine rings is 1. The Morgan fingerprint density at radius 2 is 1.88 bits per heavy atom. The van der Waals surface area contributed by atoms with Gasteiger partial charge in [0.25, 0.3) is 0 Å². The molecule has 0 aliphatic carbocycles. The van der Waals surface area contributed by atoms with E-state index in [0.29, 0.717) is 56.6 Å². The van der Waals surface area contributed by atoms with Gasteiger partial charge in [-0.15, -0.1) is 0 Å². The van der Waals surface area contributed by atoms with Gasteiger partial charge in [-0.1, -0.05) is 17.7 Å². The Labute approximate surface area is 201 Å². The Kier molecular flexibility index (Phi) is 8.15. The number of halogens is 1. The summed E-state index contributed by atoms with van der Waals surface area (Å²) in [5.41, 5.74) is -0.406. The Morgan fingerprint density at radius 1 is 1.12 bits per heavy atom. The number of ether oxygens (including phenoxy) is 2. The lowest BCUT2D eigenvalue weighted by Crippen LogP contribution is -2.53. The molecule has 0 saturated carbocycles. The molecule has 1 atom stereocenters. The molecule has 0 bridgehead atoms. The van der Waals surface area contributed by atoms with Crippen LogP contribution in [0.1, 0.15) is 32.1 Å². The lowest BCUT2D eigenvalue weighted by molar-refractivity contribution is -0.146. The van der Waals surface area contributed by atoms with Gasteiger partial charge in [0.15, 0.2) is 0 Å². The fourth-order valence-corrected chi connectivity index (χ4v) is 5.44. The normalized spacial score (nSPS) is 25.2. The van der Waals surface area contributed by atoms with E-state index in [0.717, 1.165) is 45.3 Å². The van der Waals surface area contributed by atoms with E-state index in [4.69, 9.17) is 21.1 Å². The molecule has 1 unspecified atom stereocenters. The molecule has 0 radical (unpaired) electrons. The number of hydrogen-bond donors (Lipinski definition) is 0. The SMILES string of the molecule is CN1CCC(C(=O)N2CCCC(COc3cccc(Cl)c3)(CC(=O)N3CCOCC3)C2)CC1. The van der Waals surface area contributed by atoms with E-state index in [-0.39, 0.29) is 17.7 Å². The number of piperidine rings is 2. The Bertz CT molecular complexity index is 824. The molecule has 3 heterocycles. The van der Waals surface area contributed by atoms with Crippen LogP contribution in [0.3, 0.4) is 0 Å². The van der Waals surface area contributed by atoms with Crippen molar-refractivity contribution in [2.75, 3.05) is 66.1 Å². The summed E-state index contributed by atoms with van der Waals surface area (Å²) in [4.78, 5) is 32.8. The van der Waals surface area contributed by atoms with E-state index in [1.807, 2.05) is 28.0 Å². The van der Waals surface area contributed by atoms with Crippen molar-refractivity contribution in [2.45, 2.75) is 32.1 Å². The third-order valence-corrected chi connectivity index (χ3v) is 7.51. The maximum atomic E-state index is 13.4. The Balaban J connectivity index is 1.48. The summed E-state index contributed by atoms with van der Waals surface area (Å²) < 4.78 is 11.6. The standard InChI is InChI=1S/C25H36ClN3O4/c1-27-10-6-20(7-11-27)24(31)29-9-3-8-25(18-29,17-23(30)28-12-14-32-15-13-28)19-33-22-5-2-4-21(26)16-22/h2,4-5,16,20H,3,6-15,17-19H2,1H3. The zero-order valence-electron chi connectivity index (χ0n) is 19.6. The van der Waals surface area contributed by atoms with Crippen molar-refractivity contribution in [3.05, 3.63) is 29.3 Å². The Morgan fingerprint density at radius 3 is 2.61 bits per heavy atom. The lowest BCUT2D eigenvalue weighted by Gasteiger charge is -2.44. The highest BCUT2D eigenvalue weighted by molar-refractivity contribution is 6.30. The summed E-state index contributed by atoms with van der Waals surface area (Å²) in [7, 11) is 2.11. The maximum absolute atomic E-state index is 13.4. The van der Waals surface area contributed by atoms with Gasteiger partial charge in [0, 0.05) is 49.0 Å². The largest absolute Gasteiger partial charge is 0.493 e. The van der Waals surface area contributed by atoms with Crippen LogP contribution in [-0.2, 0) is 14.3 Å². The van der Waals surface area contributed by atoms with Crippen molar-refractivity contribution >= 4 is 23.4 Å². The predicted molar refractivity (Wildman–Crippen MR) is 127 cm³/mol. The molecule has 3 aliphatic rings. The lowest BCUT2D eigenvalue weighted by atomic mass is 9.76. The van der Waals surface area contributed by atoms with E-state index in [1.165, 1.54) is 0 Å². The van der Waals surface area contributed by atoms with Gasteiger partial charge in [-0.2, -0.15) is 0 Å². The van der Waals surface area contributed by atoms with Gasteiger partial charge in [-0.25, -0.2) is 0 Å². The minimum Gasteiger partial charge on any atom is -0.493 e. The smallest absolute Gasteiger partial charge is 0.225 e. The van der Waals surface area contributed by atoms with E-state index >= 15 is 0 Å². The molecular weight excluding hydrogens is 442 g/mol. The molecule has 7 nitrogen and oxygen atoms in total. The fourth-order valence-electron chi connectivity index (χ4n) is 5.26. The van der Waals surface area contributed by atoms with Crippen molar-refractivity contribution in [1.82, 2.24) is 14.7 Å². The molecule has 4 rings (SSSR count). The van der Waals surface area contributed by atoms with Crippen LogP contribution in [0.2, 0.25) is 5.02 Å². The van der Waals surface area contributed by atoms with E-state index in [9.17, 15) is 9.59 Å². The summed E-state index contributed by atoms with van der Waals surface area (Å²) in [6.45, 7) is 6.05. The number of nitrogens with zero attached hydrogens (tertiary/aromatic N) is 3. The molecule has 2 amide bonds. The van der Waals surface area contributed by atoms with Gasteiger partial charge < -0.3 is 24.2 Å². The first-order valence-electron chi connectivity index (χ1n) is 12.2. The molecule has 3 saturated heterocycles. The highest BCUT2D eigenvalue weighted by Gasteiger charge is 2.42. The topological polar surface area (TPSA) is 62.3 Å². The summed E-state index contributed by atoms with van der Waals surface area (Å²) in [5.74, 6) is 1.15. The summed E-state index contributed by atoms with van der Waals surface area (Å²) in [5, 5.41) is 0.619. The second-order valence-corrected chi connectivity index (χ2v) is 10.3. The van der Waals surface area contributed by atoms with Gasteiger partial charge in [-0.3, -0.25) is 9.59 Å². The second-order valence-electron chi connectivity index (χ2n) is 9.86.